The monoisotopic (exact) mass is 181 g/mol. The van der Waals surface area contributed by atoms with Gasteiger partial charge in [0.15, 0.2) is 0 Å². The van der Waals surface area contributed by atoms with Crippen molar-refractivity contribution in [3.05, 3.63) is 24.5 Å². The zero-order chi connectivity index (χ0) is 9.26. The molecule has 0 radical (unpaired) electrons. The number of aromatic nitrogens is 1. The second-order valence-corrected chi connectivity index (χ2v) is 3.30. The summed E-state index contributed by atoms with van der Waals surface area (Å²) < 4.78 is 13.1. The van der Waals surface area contributed by atoms with Crippen LogP contribution in [0.15, 0.2) is 24.5 Å². The molecule has 0 bridgehead atoms. The lowest BCUT2D eigenvalue weighted by molar-refractivity contribution is 0.333. The van der Waals surface area contributed by atoms with Crippen LogP contribution < -0.4 is 10.6 Å². The number of hydrogen-bond donors (Lipinski definition) is 1. The number of hydrogen-bond acceptors (Lipinski definition) is 3. The lowest BCUT2D eigenvalue weighted by atomic mass is 10.3. The maximum Gasteiger partial charge on any atom is 0.134 e. The molecule has 1 aromatic heterocycles. The summed E-state index contributed by atoms with van der Waals surface area (Å²) in [7, 11) is 0. The first kappa shape index (κ1) is 8.44. The molecule has 70 valence electrons. The first-order chi connectivity index (χ1) is 6.27. The van der Waals surface area contributed by atoms with Crippen LogP contribution in [0.2, 0.25) is 0 Å². The van der Waals surface area contributed by atoms with E-state index < -0.39 is 6.17 Å². The molecule has 2 heterocycles. The molecule has 2 atom stereocenters. The summed E-state index contributed by atoms with van der Waals surface area (Å²) in [4.78, 5) is 5.89. The van der Waals surface area contributed by atoms with E-state index in [4.69, 9.17) is 5.73 Å². The van der Waals surface area contributed by atoms with Crippen LogP contribution >= 0.6 is 0 Å². The van der Waals surface area contributed by atoms with Crippen LogP contribution in [0.4, 0.5) is 10.1 Å². The second kappa shape index (κ2) is 3.30. The van der Waals surface area contributed by atoms with Gasteiger partial charge in [-0.3, -0.25) is 4.98 Å². The number of pyridine rings is 1. The SMILES string of the molecule is NC1CN(c2cccnc2)CC1F. The summed E-state index contributed by atoms with van der Waals surface area (Å²) in [5, 5.41) is 0. The normalized spacial score (nSPS) is 28.0. The highest BCUT2D eigenvalue weighted by molar-refractivity contribution is 5.45. The third-order valence-corrected chi connectivity index (χ3v) is 2.30. The zero-order valence-electron chi connectivity index (χ0n) is 7.23. The van der Waals surface area contributed by atoms with Crippen molar-refractivity contribution >= 4 is 5.69 Å². The second-order valence-electron chi connectivity index (χ2n) is 3.30. The maximum atomic E-state index is 13.1. The Labute approximate surface area is 76.4 Å². The molecule has 0 aliphatic carbocycles. The maximum absolute atomic E-state index is 13.1. The standard InChI is InChI=1S/C9H12FN3/c10-8-5-13(6-9(8)11)7-2-1-3-12-4-7/h1-4,8-9H,5-6,11H2. The molecule has 0 spiro atoms. The van der Waals surface area contributed by atoms with Crippen molar-refractivity contribution in [3.8, 4) is 0 Å². The number of nitrogens with zero attached hydrogens (tertiary/aromatic N) is 2. The van der Waals surface area contributed by atoms with Crippen LogP contribution in [0.3, 0.4) is 0 Å². The smallest absolute Gasteiger partial charge is 0.134 e. The number of nitrogens with two attached hydrogens (primary N) is 1. The summed E-state index contributed by atoms with van der Waals surface area (Å²) in [6.45, 7) is 0.958. The molecule has 1 aromatic rings. The van der Waals surface area contributed by atoms with Crippen molar-refractivity contribution in [2.45, 2.75) is 12.2 Å². The van der Waals surface area contributed by atoms with Crippen LogP contribution in [0, 0.1) is 0 Å². The minimum absolute atomic E-state index is 0.361. The summed E-state index contributed by atoms with van der Waals surface area (Å²) in [6, 6.07) is 3.39. The van der Waals surface area contributed by atoms with Gasteiger partial charge in [-0.05, 0) is 12.1 Å². The third-order valence-electron chi connectivity index (χ3n) is 2.30. The lowest BCUT2D eigenvalue weighted by Crippen LogP contribution is -2.30. The lowest BCUT2D eigenvalue weighted by Gasteiger charge is -2.16. The van der Waals surface area contributed by atoms with Gasteiger partial charge in [-0.25, -0.2) is 4.39 Å². The van der Waals surface area contributed by atoms with Crippen molar-refractivity contribution in [1.29, 1.82) is 0 Å². The van der Waals surface area contributed by atoms with E-state index in [0.29, 0.717) is 13.1 Å². The number of alkyl halides is 1. The topological polar surface area (TPSA) is 42.1 Å². The van der Waals surface area contributed by atoms with Gasteiger partial charge in [0, 0.05) is 12.7 Å². The third kappa shape index (κ3) is 1.62. The predicted molar refractivity (Wildman–Crippen MR) is 49.3 cm³/mol. The highest BCUT2D eigenvalue weighted by Crippen LogP contribution is 2.19. The average Bonchev–Trinajstić information content (AvgIpc) is 2.49. The first-order valence-corrected chi connectivity index (χ1v) is 4.32. The van der Waals surface area contributed by atoms with E-state index in [1.54, 1.807) is 12.4 Å². The molecule has 1 saturated heterocycles. The van der Waals surface area contributed by atoms with E-state index in [-0.39, 0.29) is 6.04 Å². The predicted octanol–water partition coefficient (Wildman–Crippen LogP) is 0.567. The fraction of sp³-hybridized carbons (Fsp3) is 0.444. The van der Waals surface area contributed by atoms with Gasteiger partial charge in [-0.2, -0.15) is 0 Å². The Balaban J connectivity index is 2.12. The van der Waals surface area contributed by atoms with E-state index in [1.807, 2.05) is 17.0 Å². The van der Waals surface area contributed by atoms with Gasteiger partial charge < -0.3 is 10.6 Å². The molecule has 0 saturated carbocycles. The van der Waals surface area contributed by atoms with Gasteiger partial charge in [-0.1, -0.05) is 0 Å². The Hall–Kier alpha value is -1.16. The molecule has 1 aliphatic heterocycles. The first-order valence-electron chi connectivity index (χ1n) is 4.32. The van der Waals surface area contributed by atoms with Crippen LogP contribution in [0.25, 0.3) is 0 Å². The molecule has 13 heavy (non-hydrogen) atoms. The molecule has 2 unspecified atom stereocenters. The van der Waals surface area contributed by atoms with Gasteiger partial charge in [-0.15, -0.1) is 0 Å². The molecule has 0 amide bonds. The molecular weight excluding hydrogens is 169 g/mol. The van der Waals surface area contributed by atoms with Crippen LogP contribution in [0.1, 0.15) is 0 Å². The van der Waals surface area contributed by atoms with Crippen molar-refractivity contribution in [3.63, 3.8) is 0 Å². The summed E-state index contributed by atoms with van der Waals surface area (Å²) in [5.41, 5.74) is 6.51. The molecule has 1 fully saturated rings. The Morgan fingerprint density at radius 1 is 1.54 bits per heavy atom. The minimum Gasteiger partial charge on any atom is -0.366 e. The van der Waals surface area contributed by atoms with Gasteiger partial charge in [0.2, 0.25) is 0 Å². The molecule has 2 rings (SSSR count). The summed E-state index contributed by atoms with van der Waals surface area (Å²) in [6.07, 6.45) is 2.51. The van der Waals surface area contributed by atoms with E-state index in [1.165, 1.54) is 0 Å². The highest BCUT2D eigenvalue weighted by Gasteiger charge is 2.29. The largest absolute Gasteiger partial charge is 0.366 e. The summed E-state index contributed by atoms with van der Waals surface area (Å²) >= 11 is 0. The highest BCUT2D eigenvalue weighted by atomic mass is 19.1. The molecule has 2 N–H and O–H groups in total. The van der Waals surface area contributed by atoms with Gasteiger partial charge in [0.05, 0.1) is 24.5 Å². The molecule has 3 nitrogen and oxygen atoms in total. The molecule has 4 heteroatoms. The van der Waals surface area contributed by atoms with E-state index in [2.05, 4.69) is 4.98 Å². The Kier molecular flexibility index (Phi) is 2.14. The quantitative estimate of drug-likeness (QED) is 0.688. The Morgan fingerprint density at radius 3 is 2.92 bits per heavy atom. The van der Waals surface area contributed by atoms with Crippen molar-refractivity contribution < 1.29 is 4.39 Å². The van der Waals surface area contributed by atoms with Crippen LogP contribution in [0.5, 0.6) is 0 Å². The van der Waals surface area contributed by atoms with E-state index in [9.17, 15) is 4.39 Å². The summed E-state index contributed by atoms with van der Waals surface area (Å²) in [5.74, 6) is 0. The van der Waals surface area contributed by atoms with Crippen LogP contribution in [-0.2, 0) is 0 Å². The van der Waals surface area contributed by atoms with Crippen molar-refractivity contribution in [1.82, 2.24) is 4.98 Å². The van der Waals surface area contributed by atoms with Crippen molar-refractivity contribution in [2.75, 3.05) is 18.0 Å². The Morgan fingerprint density at radius 2 is 2.38 bits per heavy atom. The minimum atomic E-state index is -0.916. The molecule has 0 aromatic carbocycles. The van der Waals surface area contributed by atoms with Gasteiger partial charge >= 0.3 is 0 Å². The van der Waals surface area contributed by atoms with Crippen molar-refractivity contribution in [2.24, 2.45) is 5.73 Å². The fourth-order valence-corrected chi connectivity index (χ4v) is 1.54. The number of anilines is 1. The zero-order valence-corrected chi connectivity index (χ0v) is 7.23. The number of rotatable bonds is 1. The molecular formula is C9H12FN3. The molecule has 1 aliphatic rings. The van der Waals surface area contributed by atoms with Crippen LogP contribution in [-0.4, -0.2) is 30.3 Å². The Bertz CT molecular complexity index is 267. The average molecular weight is 181 g/mol. The van der Waals surface area contributed by atoms with E-state index in [0.717, 1.165) is 5.69 Å². The van der Waals surface area contributed by atoms with Gasteiger partial charge in [0.25, 0.3) is 0 Å². The van der Waals surface area contributed by atoms with E-state index >= 15 is 0 Å². The number of halogens is 1. The fourth-order valence-electron chi connectivity index (χ4n) is 1.54. The van der Waals surface area contributed by atoms with Gasteiger partial charge in [0.1, 0.15) is 6.17 Å².